The van der Waals surface area contributed by atoms with Crippen molar-refractivity contribution in [2.45, 2.75) is 66.3 Å². The van der Waals surface area contributed by atoms with Crippen molar-refractivity contribution in [2.75, 3.05) is 0 Å². The molecule has 0 aromatic carbocycles. The van der Waals surface area contributed by atoms with E-state index in [0.29, 0.717) is 12.3 Å². The van der Waals surface area contributed by atoms with E-state index < -0.39 is 11.0 Å². The quantitative estimate of drug-likeness (QED) is 0.736. The van der Waals surface area contributed by atoms with Crippen molar-refractivity contribution in [3.05, 3.63) is 0 Å². The molecule has 90 valence electrons. The molecule has 0 heterocycles. The molecule has 0 amide bonds. The minimum absolute atomic E-state index is 0.288. The van der Waals surface area contributed by atoms with Crippen molar-refractivity contribution in [1.29, 1.82) is 0 Å². The maximum Gasteiger partial charge on any atom is 0.140 e. The average molecular weight is 213 g/mol. The van der Waals surface area contributed by atoms with Crippen LogP contribution >= 0.6 is 0 Å². The van der Waals surface area contributed by atoms with Crippen LogP contribution in [-0.2, 0) is 4.79 Å². The number of hydrogen-bond donors (Lipinski definition) is 1. The van der Waals surface area contributed by atoms with Gasteiger partial charge in [0, 0.05) is 17.4 Å². The van der Waals surface area contributed by atoms with E-state index >= 15 is 0 Å². The highest BCUT2D eigenvalue weighted by Gasteiger charge is 2.39. The second-order valence-electron chi connectivity index (χ2n) is 6.06. The molecule has 2 nitrogen and oxygen atoms in total. The molecule has 2 heteroatoms. The highest BCUT2D eigenvalue weighted by Crippen LogP contribution is 2.31. The minimum atomic E-state index is -0.443. The van der Waals surface area contributed by atoms with Crippen molar-refractivity contribution < 1.29 is 4.79 Å². The lowest BCUT2D eigenvalue weighted by Crippen LogP contribution is -2.51. The summed E-state index contributed by atoms with van der Waals surface area (Å²) in [5.41, 5.74) is 5.16. The Morgan fingerprint density at radius 1 is 1.20 bits per heavy atom. The highest BCUT2D eigenvalue weighted by atomic mass is 16.1. The molecular formula is C13H27NO. The van der Waals surface area contributed by atoms with E-state index in [2.05, 4.69) is 13.8 Å². The Bertz CT molecular complexity index is 211. The van der Waals surface area contributed by atoms with Crippen molar-refractivity contribution in [3.8, 4) is 0 Å². The molecule has 2 N–H and O–H groups in total. The highest BCUT2D eigenvalue weighted by molar-refractivity contribution is 5.85. The fourth-order valence-corrected chi connectivity index (χ4v) is 1.34. The fraction of sp³-hybridized carbons (Fsp3) is 0.923. The van der Waals surface area contributed by atoms with Crippen molar-refractivity contribution in [2.24, 2.45) is 17.1 Å². The van der Waals surface area contributed by atoms with Crippen LogP contribution in [-0.4, -0.2) is 11.3 Å². The van der Waals surface area contributed by atoms with E-state index in [1.54, 1.807) is 0 Å². The van der Waals surface area contributed by atoms with E-state index in [1.807, 2.05) is 27.7 Å². The van der Waals surface area contributed by atoms with Gasteiger partial charge in [-0.2, -0.15) is 0 Å². The molecule has 0 aromatic heterocycles. The molecule has 0 unspecified atom stereocenters. The summed E-state index contributed by atoms with van der Waals surface area (Å²) in [6, 6.07) is 0. The Labute approximate surface area is 94.6 Å². The Balaban J connectivity index is 4.21. The number of Topliss-reactive ketones (excluding diaryl/α,β-unsaturated/α-hetero) is 1. The molecule has 0 aliphatic rings. The van der Waals surface area contributed by atoms with Gasteiger partial charge in [0.15, 0.2) is 0 Å². The number of nitrogens with two attached hydrogens (primary N) is 1. The van der Waals surface area contributed by atoms with Gasteiger partial charge in [-0.05, 0) is 26.2 Å². The first kappa shape index (κ1) is 14.6. The van der Waals surface area contributed by atoms with E-state index in [0.717, 1.165) is 12.8 Å². The van der Waals surface area contributed by atoms with Gasteiger partial charge in [-0.1, -0.05) is 34.1 Å². The van der Waals surface area contributed by atoms with E-state index in [9.17, 15) is 4.79 Å². The van der Waals surface area contributed by atoms with Crippen LogP contribution in [0.25, 0.3) is 0 Å². The molecule has 0 aliphatic heterocycles. The molecule has 0 bridgehead atoms. The van der Waals surface area contributed by atoms with Gasteiger partial charge >= 0.3 is 0 Å². The maximum absolute atomic E-state index is 12.0. The predicted octanol–water partition coefficient (Wildman–Crippen LogP) is 3.15. The standard InChI is InChI=1S/C13H27NO/c1-10(2)8-7-9-11(15)12(3,4)13(5,6)14/h10H,7-9,14H2,1-6H3. The van der Waals surface area contributed by atoms with Gasteiger partial charge in [0.2, 0.25) is 0 Å². The van der Waals surface area contributed by atoms with Crippen LogP contribution in [0.1, 0.15) is 60.8 Å². The summed E-state index contributed by atoms with van der Waals surface area (Å²) in [6.07, 6.45) is 2.76. The number of hydrogen-bond acceptors (Lipinski definition) is 2. The number of carbonyl (C=O) groups is 1. The molecule has 0 saturated heterocycles. The lowest BCUT2D eigenvalue weighted by atomic mass is 9.71. The zero-order chi connectivity index (χ0) is 12.3. The summed E-state index contributed by atoms with van der Waals surface area (Å²) in [6.45, 7) is 12.1. The third-order valence-electron chi connectivity index (χ3n) is 3.49. The van der Waals surface area contributed by atoms with Crippen LogP contribution in [0.4, 0.5) is 0 Å². The molecule has 0 saturated carbocycles. The van der Waals surface area contributed by atoms with Gasteiger partial charge in [-0.3, -0.25) is 4.79 Å². The average Bonchev–Trinajstić information content (AvgIpc) is 2.01. The van der Waals surface area contributed by atoms with Crippen molar-refractivity contribution in [1.82, 2.24) is 0 Å². The minimum Gasteiger partial charge on any atom is -0.325 e. The van der Waals surface area contributed by atoms with Gasteiger partial charge in [0.05, 0.1) is 0 Å². The van der Waals surface area contributed by atoms with Crippen LogP contribution < -0.4 is 5.73 Å². The summed E-state index contributed by atoms with van der Waals surface area (Å²) in [7, 11) is 0. The topological polar surface area (TPSA) is 43.1 Å². The third-order valence-corrected chi connectivity index (χ3v) is 3.49. The van der Waals surface area contributed by atoms with Gasteiger partial charge in [-0.25, -0.2) is 0 Å². The third kappa shape index (κ3) is 4.33. The molecule has 0 spiro atoms. The van der Waals surface area contributed by atoms with E-state index in [1.165, 1.54) is 0 Å². The van der Waals surface area contributed by atoms with Gasteiger partial charge in [-0.15, -0.1) is 0 Å². The maximum atomic E-state index is 12.0. The monoisotopic (exact) mass is 213 g/mol. The summed E-state index contributed by atoms with van der Waals surface area (Å²) in [5.74, 6) is 0.961. The van der Waals surface area contributed by atoms with E-state index in [4.69, 9.17) is 5.73 Å². The lowest BCUT2D eigenvalue weighted by Gasteiger charge is -2.37. The number of ketones is 1. The smallest absolute Gasteiger partial charge is 0.140 e. The molecule has 0 aliphatic carbocycles. The van der Waals surface area contributed by atoms with E-state index in [-0.39, 0.29) is 5.78 Å². The summed E-state index contributed by atoms with van der Waals surface area (Å²) in [4.78, 5) is 12.0. The van der Waals surface area contributed by atoms with Crippen LogP contribution in [0, 0.1) is 11.3 Å². The molecule has 0 aromatic rings. The van der Waals surface area contributed by atoms with Gasteiger partial charge in [0.1, 0.15) is 5.78 Å². The fourth-order valence-electron chi connectivity index (χ4n) is 1.34. The molecule has 15 heavy (non-hydrogen) atoms. The zero-order valence-electron chi connectivity index (χ0n) is 11.2. The first-order valence-corrected chi connectivity index (χ1v) is 5.91. The molecule has 0 atom stereocenters. The van der Waals surface area contributed by atoms with Gasteiger partial charge < -0.3 is 5.73 Å². The first-order chi connectivity index (χ1) is 6.59. The normalized spacial score (nSPS) is 13.3. The number of rotatable bonds is 6. The van der Waals surface area contributed by atoms with Crippen LogP contribution in [0.3, 0.4) is 0 Å². The SMILES string of the molecule is CC(C)CCCC(=O)C(C)(C)C(C)(C)N. The molecule has 0 fully saturated rings. The Kier molecular flexibility index (Phi) is 4.98. The van der Waals surface area contributed by atoms with Crippen LogP contribution in [0.15, 0.2) is 0 Å². The Hall–Kier alpha value is -0.370. The molecular weight excluding hydrogens is 186 g/mol. The Morgan fingerprint density at radius 3 is 2.00 bits per heavy atom. The second kappa shape index (κ2) is 5.11. The molecule has 0 radical (unpaired) electrons. The lowest BCUT2D eigenvalue weighted by molar-refractivity contribution is -0.130. The van der Waals surface area contributed by atoms with Crippen molar-refractivity contribution >= 4 is 5.78 Å². The number of carbonyl (C=O) groups excluding carboxylic acids is 1. The first-order valence-electron chi connectivity index (χ1n) is 5.91. The Morgan fingerprint density at radius 2 is 1.67 bits per heavy atom. The zero-order valence-corrected chi connectivity index (χ0v) is 11.2. The summed E-state index contributed by atoms with van der Waals surface area (Å²) in [5, 5.41) is 0. The van der Waals surface area contributed by atoms with Crippen molar-refractivity contribution in [3.63, 3.8) is 0 Å². The second-order valence-corrected chi connectivity index (χ2v) is 6.06. The largest absolute Gasteiger partial charge is 0.325 e. The summed E-state index contributed by atoms with van der Waals surface area (Å²) >= 11 is 0. The van der Waals surface area contributed by atoms with Crippen LogP contribution in [0.2, 0.25) is 0 Å². The van der Waals surface area contributed by atoms with Crippen LogP contribution in [0.5, 0.6) is 0 Å². The van der Waals surface area contributed by atoms with Gasteiger partial charge in [0.25, 0.3) is 0 Å². The summed E-state index contributed by atoms with van der Waals surface area (Å²) < 4.78 is 0. The predicted molar refractivity (Wildman–Crippen MR) is 65.7 cm³/mol. The molecule has 0 rings (SSSR count).